The van der Waals surface area contributed by atoms with Crippen LogP contribution in [0.3, 0.4) is 0 Å². The zero-order valence-corrected chi connectivity index (χ0v) is 13.9. The summed E-state index contributed by atoms with van der Waals surface area (Å²) in [6, 6.07) is 6.69. The SMILES string of the molecule is C[C@@H]1CN(CCCNC(=O)NCc2cccc(O)c2)C[C@H](C)O1. The van der Waals surface area contributed by atoms with Gasteiger partial charge < -0.3 is 20.5 Å². The van der Waals surface area contributed by atoms with E-state index >= 15 is 0 Å². The maximum absolute atomic E-state index is 11.7. The van der Waals surface area contributed by atoms with E-state index in [4.69, 9.17) is 4.74 Å². The van der Waals surface area contributed by atoms with Crippen molar-refractivity contribution in [3.8, 4) is 5.75 Å². The zero-order valence-electron chi connectivity index (χ0n) is 13.9. The summed E-state index contributed by atoms with van der Waals surface area (Å²) in [6.07, 6.45) is 1.47. The molecule has 2 atom stereocenters. The molecule has 0 spiro atoms. The van der Waals surface area contributed by atoms with E-state index in [1.54, 1.807) is 18.2 Å². The molecule has 1 fully saturated rings. The molecule has 1 saturated heterocycles. The minimum atomic E-state index is -0.183. The number of hydrogen-bond acceptors (Lipinski definition) is 4. The average Bonchev–Trinajstić information content (AvgIpc) is 2.49. The summed E-state index contributed by atoms with van der Waals surface area (Å²) in [5.41, 5.74) is 0.872. The summed E-state index contributed by atoms with van der Waals surface area (Å²) in [6.45, 7) is 8.10. The van der Waals surface area contributed by atoms with Gasteiger partial charge in [-0.05, 0) is 38.0 Å². The number of urea groups is 1. The first kappa shape index (κ1) is 17.6. The normalized spacial score (nSPS) is 21.8. The van der Waals surface area contributed by atoms with E-state index in [1.165, 1.54) is 0 Å². The zero-order chi connectivity index (χ0) is 16.7. The van der Waals surface area contributed by atoms with E-state index in [2.05, 4.69) is 29.4 Å². The lowest BCUT2D eigenvalue weighted by molar-refractivity contribution is -0.0679. The molecule has 0 unspecified atom stereocenters. The highest BCUT2D eigenvalue weighted by Crippen LogP contribution is 2.11. The van der Waals surface area contributed by atoms with Crippen LogP contribution in [0.2, 0.25) is 0 Å². The monoisotopic (exact) mass is 321 g/mol. The van der Waals surface area contributed by atoms with Gasteiger partial charge >= 0.3 is 6.03 Å². The van der Waals surface area contributed by atoms with Gasteiger partial charge in [-0.3, -0.25) is 4.90 Å². The number of benzene rings is 1. The Morgan fingerprint density at radius 3 is 2.74 bits per heavy atom. The number of carbonyl (C=O) groups is 1. The first-order valence-corrected chi connectivity index (χ1v) is 8.20. The van der Waals surface area contributed by atoms with Crippen molar-refractivity contribution in [2.45, 2.75) is 39.0 Å². The topological polar surface area (TPSA) is 73.8 Å². The number of phenols is 1. The van der Waals surface area contributed by atoms with Gasteiger partial charge in [0.1, 0.15) is 5.75 Å². The molecule has 0 bridgehead atoms. The molecule has 1 aromatic rings. The Hall–Kier alpha value is -1.79. The highest BCUT2D eigenvalue weighted by molar-refractivity contribution is 5.73. The Morgan fingerprint density at radius 2 is 2.04 bits per heavy atom. The van der Waals surface area contributed by atoms with E-state index in [0.29, 0.717) is 13.1 Å². The number of amides is 2. The van der Waals surface area contributed by atoms with Crippen LogP contribution in [-0.4, -0.2) is 54.4 Å². The molecule has 0 saturated carbocycles. The van der Waals surface area contributed by atoms with Crippen LogP contribution in [0.5, 0.6) is 5.75 Å². The van der Waals surface area contributed by atoms with Crippen molar-refractivity contribution in [3.05, 3.63) is 29.8 Å². The van der Waals surface area contributed by atoms with Crippen LogP contribution in [0, 0.1) is 0 Å². The van der Waals surface area contributed by atoms with Crippen LogP contribution in [0.15, 0.2) is 24.3 Å². The Morgan fingerprint density at radius 1 is 1.30 bits per heavy atom. The summed E-state index contributed by atoms with van der Waals surface area (Å²) in [4.78, 5) is 14.1. The van der Waals surface area contributed by atoms with Crippen LogP contribution in [-0.2, 0) is 11.3 Å². The Kier molecular flexibility index (Phi) is 6.67. The van der Waals surface area contributed by atoms with E-state index < -0.39 is 0 Å². The molecule has 0 aromatic heterocycles. The fourth-order valence-corrected chi connectivity index (χ4v) is 2.88. The molecule has 1 heterocycles. The largest absolute Gasteiger partial charge is 0.508 e. The van der Waals surface area contributed by atoms with Gasteiger partial charge in [0.05, 0.1) is 12.2 Å². The number of aromatic hydroxyl groups is 1. The highest BCUT2D eigenvalue weighted by Gasteiger charge is 2.21. The third kappa shape index (κ3) is 6.46. The molecule has 2 rings (SSSR count). The van der Waals surface area contributed by atoms with Crippen LogP contribution >= 0.6 is 0 Å². The maximum atomic E-state index is 11.7. The first-order chi connectivity index (χ1) is 11.0. The number of rotatable bonds is 6. The second-order valence-electron chi connectivity index (χ2n) is 6.15. The van der Waals surface area contributed by atoms with Gasteiger partial charge in [0.15, 0.2) is 0 Å². The van der Waals surface area contributed by atoms with Gasteiger partial charge in [-0.25, -0.2) is 4.79 Å². The highest BCUT2D eigenvalue weighted by atomic mass is 16.5. The summed E-state index contributed by atoms with van der Waals surface area (Å²) in [5, 5.41) is 15.0. The summed E-state index contributed by atoms with van der Waals surface area (Å²) < 4.78 is 5.70. The summed E-state index contributed by atoms with van der Waals surface area (Å²) in [7, 11) is 0. The Labute approximate surface area is 137 Å². The van der Waals surface area contributed by atoms with E-state index in [9.17, 15) is 9.90 Å². The van der Waals surface area contributed by atoms with E-state index in [1.807, 2.05) is 6.07 Å². The summed E-state index contributed by atoms with van der Waals surface area (Å²) >= 11 is 0. The molecule has 0 radical (unpaired) electrons. The van der Waals surface area contributed by atoms with Gasteiger partial charge in [0.25, 0.3) is 0 Å². The second kappa shape index (κ2) is 8.74. The van der Waals surface area contributed by atoms with Crippen molar-refractivity contribution in [2.24, 2.45) is 0 Å². The van der Waals surface area contributed by atoms with Crippen LogP contribution in [0.4, 0.5) is 4.79 Å². The van der Waals surface area contributed by atoms with Crippen LogP contribution in [0.25, 0.3) is 0 Å². The third-order valence-electron chi connectivity index (χ3n) is 3.80. The molecule has 23 heavy (non-hydrogen) atoms. The average molecular weight is 321 g/mol. The maximum Gasteiger partial charge on any atom is 0.315 e. The van der Waals surface area contributed by atoms with E-state index in [0.717, 1.165) is 31.6 Å². The number of nitrogens with one attached hydrogen (secondary N) is 2. The quantitative estimate of drug-likeness (QED) is 0.697. The predicted octanol–water partition coefficient (Wildman–Crippen LogP) is 1.69. The van der Waals surface area contributed by atoms with Crippen molar-refractivity contribution in [3.63, 3.8) is 0 Å². The molecule has 128 valence electrons. The van der Waals surface area contributed by atoms with Crippen molar-refractivity contribution in [1.82, 2.24) is 15.5 Å². The van der Waals surface area contributed by atoms with Gasteiger partial charge in [0.2, 0.25) is 0 Å². The molecule has 2 amide bonds. The van der Waals surface area contributed by atoms with Crippen LogP contribution in [0.1, 0.15) is 25.8 Å². The fourth-order valence-electron chi connectivity index (χ4n) is 2.88. The van der Waals surface area contributed by atoms with Crippen molar-refractivity contribution in [2.75, 3.05) is 26.2 Å². The lowest BCUT2D eigenvalue weighted by Crippen LogP contribution is -2.46. The molecule has 0 aliphatic carbocycles. The van der Waals surface area contributed by atoms with Crippen molar-refractivity contribution >= 4 is 6.03 Å². The molecule has 6 nitrogen and oxygen atoms in total. The minimum absolute atomic E-state index is 0.183. The van der Waals surface area contributed by atoms with Gasteiger partial charge in [-0.15, -0.1) is 0 Å². The Balaban J connectivity index is 1.58. The number of ether oxygens (including phenoxy) is 1. The van der Waals surface area contributed by atoms with Crippen molar-refractivity contribution < 1.29 is 14.6 Å². The summed E-state index contributed by atoms with van der Waals surface area (Å²) in [5.74, 6) is 0.207. The number of nitrogens with zero attached hydrogens (tertiary/aromatic N) is 1. The smallest absolute Gasteiger partial charge is 0.315 e. The number of carbonyl (C=O) groups excluding carboxylic acids is 1. The van der Waals surface area contributed by atoms with Gasteiger partial charge in [-0.2, -0.15) is 0 Å². The predicted molar refractivity (Wildman–Crippen MR) is 89.4 cm³/mol. The van der Waals surface area contributed by atoms with Gasteiger partial charge in [-0.1, -0.05) is 12.1 Å². The lowest BCUT2D eigenvalue weighted by Gasteiger charge is -2.35. The molecule has 1 aliphatic rings. The lowest BCUT2D eigenvalue weighted by atomic mass is 10.2. The van der Waals surface area contributed by atoms with Crippen molar-refractivity contribution in [1.29, 1.82) is 0 Å². The fraction of sp³-hybridized carbons (Fsp3) is 0.588. The molecule has 3 N–H and O–H groups in total. The van der Waals surface area contributed by atoms with E-state index in [-0.39, 0.29) is 24.0 Å². The minimum Gasteiger partial charge on any atom is -0.508 e. The molecule has 1 aliphatic heterocycles. The first-order valence-electron chi connectivity index (χ1n) is 8.20. The third-order valence-corrected chi connectivity index (χ3v) is 3.80. The molecule has 1 aromatic carbocycles. The van der Waals surface area contributed by atoms with Crippen LogP contribution < -0.4 is 10.6 Å². The number of hydrogen-bond donors (Lipinski definition) is 3. The second-order valence-corrected chi connectivity index (χ2v) is 6.15. The molecular formula is C17H27N3O3. The standard InChI is InChI=1S/C17H27N3O3/c1-13-11-20(12-14(2)23-13)8-4-7-18-17(22)19-10-15-5-3-6-16(21)9-15/h3,5-6,9,13-14,21H,4,7-8,10-12H2,1-2H3,(H2,18,19,22)/t13-,14+. The molecule has 6 heteroatoms. The number of morpholine rings is 1. The van der Waals surface area contributed by atoms with Gasteiger partial charge in [0, 0.05) is 32.7 Å². The number of phenolic OH excluding ortho intramolecular Hbond substituents is 1. The Bertz CT molecular complexity index is 500. The molecular weight excluding hydrogens is 294 g/mol.